The zero-order chi connectivity index (χ0) is 77.7. The number of carbonyl (C=O) groups excluding carboxylic acids is 3. The maximum atomic E-state index is 13.2. The molecule has 113 heavy (non-hydrogen) atoms. The Morgan fingerprint density at radius 3 is 1.29 bits per heavy atom. The summed E-state index contributed by atoms with van der Waals surface area (Å²) in [4.78, 5) is 63.2. The number of aliphatic hydroxyl groups excluding tert-OH is 3. The molecule has 0 amide bonds. The van der Waals surface area contributed by atoms with Crippen molar-refractivity contribution < 1.29 is 149 Å². The van der Waals surface area contributed by atoms with Crippen molar-refractivity contribution in [1.82, 2.24) is 34.7 Å². The van der Waals surface area contributed by atoms with Gasteiger partial charge in [0.1, 0.15) is 0 Å². The van der Waals surface area contributed by atoms with Gasteiger partial charge in [-0.3, -0.25) is 32.8 Å². The van der Waals surface area contributed by atoms with Crippen molar-refractivity contribution in [3.63, 3.8) is 0 Å². The number of aryl methyl sites for hydroxylation is 2. The number of halogens is 2. The van der Waals surface area contributed by atoms with Gasteiger partial charge >= 0.3 is 5.97 Å². The van der Waals surface area contributed by atoms with Crippen LogP contribution >= 0.6 is 11.3 Å². The van der Waals surface area contributed by atoms with E-state index in [2.05, 4.69) is 115 Å². The van der Waals surface area contributed by atoms with Crippen LogP contribution < -0.4 is 0 Å². The zero-order valence-corrected chi connectivity index (χ0v) is 74.9. The maximum Gasteiger partial charge on any atom is 0.356 e. The summed E-state index contributed by atoms with van der Waals surface area (Å²) >= 11 is 1.73. The van der Waals surface area contributed by atoms with Crippen LogP contribution in [0.4, 0.5) is 8.78 Å². The minimum atomic E-state index is -0.983. The average Bonchev–Trinajstić information content (AvgIpc) is 1.83. The molecule has 7 heterocycles. The number of benzene rings is 8. The molecule has 0 saturated heterocycles. The number of pyridine rings is 5. The summed E-state index contributed by atoms with van der Waals surface area (Å²) in [6.45, 7) is 10.4. The Morgan fingerprint density at radius 1 is 0.442 bits per heavy atom. The number of carbonyl (C=O) groups is 4. The predicted molar refractivity (Wildman–Crippen MR) is 426 cm³/mol. The molecule has 0 atom stereocenters. The fourth-order valence-electron chi connectivity index (χ4n) is 9.75. The van der Waals surface area contributed by atoms with Gasteiger partial charge in [-0.05, 0) is 144 Å². The third-order valence-electron chi connectivity index (χ3n) is 14.5. The minimum absolute atomic E-state index is 0. The summed E-state index contributed by atoms with van der Waals surface area (Å²) in [5, 5.41) is 44.4. The van der Waals surface area contributed by atoms with Gasteiger partial charge in [-0.15, -0.1) is 143 Å². The van der Waals surface area contributed by atoms with E-state index < -0.39 is 17.6 Å². The molecule has 4 N–H and O–H groups in total. The number of aromatic nitrogens is 7. The SMILES string of the molecule is CC(=O)C=C(C)O.CC(=O)C=C(C)O.CC(=O)C=C(C)O.Cc1cc(C(=O)O)nn1C.Fc1c[c-]c(-c2ccccn2)c(F)c1.[Ir].[Ir].[Ir].[Ir].[Ir].[c-]1c(-c2ccccn2)sc2ccccc12.[c-]1ccccc1-c1ccc2ccccc2n1.[c-]1ccccc1-c1nccc2ccccc12.[c-]1ccccc1-c1nccc2ccccc12. The average molecular weight is 2410 g/mol. The van der Waals surface area contributed by atoms with Crippen molar-refractivity contribution in [2.75, 3.05) is 0 Å². The molecule has 0 aliphatic heterocycles. The molecule has 15 nitrogen and oxygen atoms in total. The number of nitrogens with zero attached hydrogens (tertiary/aromatic N) is 7. The molecule has 23 heteroatoms. The minimum Gasteiger partial charge on any atom is -0.512 e. The van der Waals surface area contributed by atoms with Gasteiger partial charge in [-0.1, -0.05) is 127 Å². The summed E-state index contributed by atoms with van der Waals surface area (Å²) in [6, 6.07) is 94.9. The first-order chi connectivity index (χ1) is 52.0. The third kappa shape index (κ3) is 34.3. The van der Waals surface area contributed by atoms with E-state index in [1.54, 1.807) is 49.7 Å². The van der Waals surface area contributed by atoms with Gasteiger partial charge in [-0.25, -0.2) is 16.1 Å². The van der Waals surface area contributed by atoms with E-state index in [0.717, 1.165) is 67.7 Å². The normalized spacial score (nSPS) is 10.1. The summed E-state index contributed by atoms with van der Waals surface area (Å²) in [5.41, 5.74) is 9.69. The summed E-state index contributed by atoms with van der Waals surface area (Å²) < 4.78 is 28.6. The van der Waals surface area contributed by atoms with Crippen LogP contribution in [-0.2, 0) is 122 Å². The Kier molecular flexibility index (Phi) is 46.2. The van der Waals surface area contributed by atoms with E-state index >= 15 is 0 Å². The molecule has 589 valence electrons. The molecular formula is C90H76F2Ir5N7O8S-5. The standard InChI is InChI=1S/3C15H10N.C13H8NS.C11H6F2N.C6H8N2O2.3C5H8O2.5Ir/c2*1-2-7-13(8-3-1)15-14-9-5-4-6-12(14)10-11-16-15;1-2-6-12(7-3-1)15-11-10-13-8-4-5-9-14(13)16-15;1-2-7-12-10(5-1)9-13(15-12)11-6-3-4-8-14-11;12-8-4-5-9(10(13)7-8)11-3-1-2-6-14-11;1-4-3-5(6(9)10)7-8(4)2;3*1-4(6)3-5(2)7;;;;;/h2*1-7,9-11H;1-6,8-11H;1-8H;1-4,6-7H;3H,1-2H3,(H,9,10);3*3,6H,1-2H3;;;;;/q5*-1;;;;;;;;;. The van der Waals surface area contributed by atoms with Crippen molar-refractivity contribution in [3.05, 3.63) is 362 Å². The second-order valence-corrected chi connectivity index (χ2v) is 24.3. The van der Waals surface area contributed by atoms with E-state index in [-0.39, 0.29) is 146 Å². The van der Waals surface area contributed by atoms with Crippen molar-refractivity contribution in [2.45, 2.75) is 48.5 Å². The first-order valence-electron chi connectivity index (χ1n) is 33.5. The molecule has 0 bridgehead atoms. The van der Waals surface area contributed by atoms with Gasteiger partial charge < -0.3 is 40.4 Å². The molecule has 0 unspecified atom stereocenters. The molecule has 7 aromatic heterocycles. The van der Waals surface area contributed by atoms with Gasteiger partial charge in [0.05, 0.1) is 22.8 Å². The number of aromatic carboxylic acids is 1. The third-order valence-corrected chi connectivity index (χ3v) is 15.5. The van der Waals surface area contributed by atoms with Crippen LogP contribution in [-0.4, -0.2) is 78.4 Å². The van der Waals surface area contributed by atoms with Crippen molar-refractivity contribution in [3.8, 4) is 55.6 Å². The summed E-state index contributed by atoms with van der Waals surface area (Å²) in [7, 11) is 1.71. The van der Waals surface area contributed by atoms with E-state index in [0.29, 0.717) is 5.69 Å². The Morgan fingerprint density at radius 2 is 0.885 bits per heavy atom. The predicted octanol–water partition coefficient (Wildman–Crippen LogP) is 21.2. The molecule has 0 aliphatic carbocycles. The Bertz CT molecular complexity index is 5250. The first kappa shape index (κ1) is 98.7. The van der Waals surface area contributed by atoms with E-state index in [9.17, 15) is 28.0 Å². The number of allylic oxidation sites excluding steroid dienone is 6. The topological polar surface area (TPSA) is 231 Å². The molecule has 15 aromatic rings. The Hall–Kier alpha value is -10.3. The quantitative estimate of drug-likeness (QED) is 0.0598. The molecule has 15 rings (SSSR count). The second-order valence-electron chi connectivity index (χ2n) is 23.3. The van der Waals surface area contributed by atoms with Crippen LogP contribution in [0.25, 0.3) is 98.1 Å². The van der Waals surface area contributed by atoms with Gasteiger partial charge in [0.2, 0.25) is 0 Å². The Labute approximate surface area is 727 Å². The fraction of sp³-hybridized carbons (Fsp3) is 0.0889. The molecule has 5 radical (unpaired) electrons. The number of hydrogen-bond acceptors (Lipinski definition) is 14. The van der Waals surface area contributed by atoms with E-state index in [4.69, 9.17) is 20.4 Å². The van der Waals surface area contributed by atoms with Crippen molar-refractivity contribution in [2.24, 2.45) is 7.05 Å². The van der Waals surface area contributed by atoms with Crippen LogP contribution in [0.1, 0.15) is 57.7 Å². The number of ketones is 3. The number of thiophene rings is 1. The van der Waals surface area contributed by atoms with E-state index in [1.807, 2.05) is 176 Å². The number of carboxylic acid groups (broad SMARTS) is 1. The van der Waals surface area contributed by atoms with Gasteiger partial charge in [0.25, 0.3) is 0 Å². The van der Waals surface area contributed by atoms with Crippen LogP contribution in [0.2, 0.25) is 0 Å². The van der Waals surface area contributed by atoms with Crippen molar-refractivity contribution >= 4 is 77.2 Å². The molecule has 8 aromatic carbocycles. The van der Waals surface area contributed by atoms with Crippen LogP contribution in [0.15, 0.2) is 309 Å². The number of para-hydroxylation sites is 1. The largest absolute Gasteiger partial charge is 0.512 e. The van der Waals surface area contributed by atoms with Crippen LogP contribution in [0.3, 0.4) is 0 Å². The summed E-state index contributed by atoms with van der Waals surface area (Å²) in [5.74, 6) is -2.46. The van der Waals surface area contributed by atoms with Crippen LogP contribution in [0.5, 0.6) is 0 Å². The number of fused-ring (bicyclic) bond motifs is 4. The maximum absolute atomic E-state index is 13.2. The van der Waals surface area contributed by atoms with E-state index in [1.165, 1.54) is 108 Å². The molecule has 0 fully saturated rings. The molecule has 0 spiro atoms. The number of rotatable bonds is 9. The second kappa shape index (κ2) is 52.8. The number of hydrogen-bond donors (Lipinski definition) is 4. The fourth-order valence-corrected chi connectivity index (χ4v) is 10.7. The Balaban J connectivity index is 0.000000436. The molecular weight excluding hydrogens is 2340 g/mol. The molecule has 0 saturated carbocycles. The van der Waals surface area contributed by atoms with Crippen molar-refractivity contribution in [1.29, 1.82) is 0 Å². The summed E-state index contributed by atoms with van der Waals surface area (Å²) in [6.07, 6.45) is 10.6. The monoisotopic (exact) mass is 2420 g/mol. The number of carboxylic acids is 1. The number of aliphatic hydroxyl groups is 3. The zero-order valence-electron chi connectivity index (χ0n) is 62.1. The first-order valence-corrected chi connectivity index (χ1v) is 34.3. The molecule has 0 aliphatic rings. The van der Waals surface area contributed by atoms with Gasteiger partial charge in [0.15, 0.2) is 23.0 Å². The van der Waals surface area contributed by atoms with Gasteiger partial charge in [-0.2, -0.15) is 5.10 Å². The van der Waals surface area contributed by atoms with Gasteiger partial charge in [0, 0.05) is 174 Å². The van der Waals surface area contributed by atoms with Crippen LogP contribution in [0, 0.1) is 48.9 Å². The smallest absolute Gasteiger partial charge is 0.356 e.